The third-order valence-corrected chi connectivity index (χ3v) is 2.60. The zero-order chi connectivity index (χ0) is 8.55. The van der Waals surface area contributed by atoms with Gasteiger partial charge in [-0.1, -0.05) is 17.4 Å². The standard InChI is InChI=1S/C8H7NO2S/c1-11-8-9-5-3-2-4-6(10)7(5)12-8/h2-4,10H,1H3. The van der Waals surface area contributed by atoms with Gasteiger partial charge in [-0.3, -0.25) is 0 Å². The van der Waals surface area contributed by atoms with Gasteiger partial charge in [-0.05, 0) is 12.1 Å². The van der Waals surface area contributed by atoms with E-state index in [4.69, 9.17) is 4.74 Å². The highest BCUT2D eigenvalue weighted by Crippen LogP contribution is 2.33. The molecule has 0 aliphatic rings. The zero-order valence-electron chi connectivity index (χ0n) is 6.44. The lowest BCUT2D eigenvalue weighted by molar-refractivity contribution is 0.413. The number of aromatic hydroxyl groups is 1. The molecule has 1 heterocycles. The predicted molar refractivity (Wildman–Crippen MR) is 47.8 cm³/mol. The first-order valence-corrected chi connectivity index (χ1v) is 4.25. The van der Waals surface area contributed by atoms with Gasteiger partial charge in [0.2, 0.25) is 0 Å². The van der Waals surface area contributed by atoms with Gasteiger partial charge in [-0.15, -0.1) is 0 Å². The predicted octanol–water partition coefficient (Wildman–Crippen LogP) is 2.01. The Morgan fingerprint density at radius 2 is 2.33 bits per heavy atom. The van der Waals surface area contributed by atoms with Crippen LogP contribution in [0, 0.1) is 0 Å². The summed E-state index contributed by atoms with van der Waals surface area (Å²) in [5.41, 5.74) is 0.775. The van der Waals surface area contributed by atoms with Gasteiger partial charge in [0.1, 0.15) is 5.75 Å². The normalized spacial score (nSPS) is 10.4. The molecule has 0 aliphatic heterocycles. The molecule has 4 heteroatoms. The monoisotopic (exact) mass is 181 g/mol. The summed E-state index contributed by atoms with van der Waals surface area (Å²) in [6.07, 6.45) is 0. The van der Waals surface area contributed by atoms with E-state index in [1.54, 1.807) is 19.2 Å². The Morgan fingerprint density at radius 3 is 3.00 bits per heavy atom. The van der Waals surface area contributed by atoms with Crippen molar-refractivity contribution in [2.45, 2.75) is 0 Å². The van der Waals surface area contributed by atoms with Gasteiger partial charge in [0.15, 0.2) is 0 Å². The van der Waals surface area contributed by atoms with Crippen LogP contribution in [0.3, 0.4) is 0 Å². The van der Waals surface area contributed by atoms with Gasteiger partial charge < -0.3 is 9.84 Å². The number of hydrogen-bond acceptors (Lipinski definition) is 4. The van der Waals surface area contributed by atoms with Crippen molar-refractivity contribution in [3.63, 3.8) is 0 Å². The van der Waals surface area contributed by atoms with Crippen LogP contribution in [0.4, 0.5) is 0 Å². The molecule has 0 spiro atoms. The van der Waals surface area contributed by atoms with Crippen LogP contribution in [0.25, 0.3) is 10.2 Å². The zero-order valence-corrected chi connectivity index (χ0v) is 7.26. The van der Waals surface area contributed by atoms with E-state index in [0.29, 0.717) is 5.19 Å². The van der Waals surface area contributed by atoms with Crippen molar-refractivity contribution in [3.8, 4) is 10.9 Å². The SMILES string of the molecule is COc1nc2cccc(O)c2s1. The molecule has 0 atom stereocenters. The third-order valence-electron chi connectivity index (χ3n) is 1.55. The van der Waals surface area contributed by atoms with Crippen molar-refractivity contribution in [1.29, 1.82) is 0 Å². The van der Waals surface area contributed by atoms with E-state index in [1.165, 1.54) is 11.3 Å². The minimum Gasteiger partial charge on any atom is -0.506 e. The van der Waals surface area contributed by atoms with Crippen LogP contribution in [0.5, 0.6) is 10.9 Å². The molecule has 0 unspecified atom stereocenters. The van der Waals surface area contributed by atoms with Crippen LogP contribution < -0.4 is 4.74 Å². The molecular formula is C8H7NO2S. The van der Waals surface area contributed by atoms with E-state index in [9.17, 15) is 5.11 Å². The van der Waals surface area contributed by atoms with Gasteiger partial charge >= 0.3 is 0 Å². The van der Waals surface area contributed by atoms with Crippen molar-refractivity contribution >= 4 is 21.6 Å². The van der Waals surface area contributed by atoms with Gasteiger partial charge in [0.25, 0.3) is 5.19 Å². The fourth-order valence-electron chi connectivity index (χ4n) is 1.00. The number of rotatable bonds is 1. The molecule has 0 bridgehead atoms. The van der Waals surface area contributed by atoms with Gasteiger partial charge in [0, 0.05) is 0 Å². The fourth-order valence-corrected chi connectivity index (χ4v) is 1.79. The molecule has 62 valence electrons. The average Bonchev–Trinajstić information content (AvgIpc) is 2.49. The Kier molecular flexibility index (Phi) is 1.62. The summed E-state index contributed by atoms with van der Waals surface area (Å²) in [5.74, 6) is 0.258. The van der Waals surface area contributed by atoms with Crippen molar-refractivity contribution in [3.05, 3.63) is 18.2 Å². The van der Waals surface area contributed by atoms with E-state index in [1.807, 2.05) is 6.07 Å². The van der Waals surface area contributed by atoms with Crippen LogP contribution in [-0.4, -0.2) is 17.2 Å². The highest BCUT2D eigenvalue weighted by Gasteiger charge is 2.05. The average molecular weight is 181 g/mol. The Balaban J connectivity index is 2.74. The van der Waals surface area contributed by atoms with Gasteiger partial charge in [0.05, 0.1) is 17.3 Å². The van der Waals surface area contributed by atoms with E-state index >= 15 is 0 Å². The first kappa shape index (κ1) is 7.36. The quantitative estimate of drug-likeness (QED) is 0.731. The smallest absolute Gasteiger partial charge is 0.274 e. The fraction of sp³-hybridized carbons (Fsp3) is 0.125. The second kappa shape index (κ2) is 2.64. The second-order valence-electron chi connectivity index (χ2n) is 2.31. The molecule has 0 radical (unpaired) electrons. The summed E-state index contributed by atoms with van der Waals surface area (Å²) in [6.45, 7) is 0. The molecule has 3 nitrogen and oxygen atoms in total. The van der Waals surface area contributed by atoms with Crippen LogP contribution >= 0.6 is 11.3 Å². The summed E-state index contributed by atoms with van der Waals surface area (Å²) in [7, 11) is 1.56. The Morgan fingerprint density at radius 1 is 1.50 bits per heavy atom. The number of nitrogens with zero attached hydrogens (tertiary/aromatic N) is 1. The number of aromatic nitrogens is 1. The van der Waals surface area contributed by atoms with Crippen molar-refractivity contribution in [1.82, 2.24) is 4.98 Å². The number of benzene rings is 1. The van der Waals surface area contributed by atoms with Gasteiger partial charge in [-0.2, -0.15) is 0 Å². The van der Waals surface area contributed by atoms with Crippen LogP contribution in [0.1, 0.15) is 0 Å². The number of thiazole rings is 1. The Hall–Kier alpha value is -1.29. The lowest BCUT2D eigenvalue weighted by Crippen LogP contribution is -1.77. The highest BCUT2D eigenvalue weighted by molar-refractivity contribution is 7.20. The number of methoxy groups -OCH3 is 1. The maximum Gasteiger partial charge on any atom is 0.274 e. The van der Waals surface area contributed by atoms with Crippen LogP contribution in [0.2, 0.25) is 0 Å². The maximum atomic E-state index is 9.39. The maximum absolute atomic E-state index is 9.39. The second-order valence-corrected chi connectivity index (χ2v) is 3.27. The first-order chi connectivity index (χ1) is 5.81. The lowest BCUT2D eigenvalue weighted by atomic mass is 10.3. The number of phenols is 1. The number of hydrogen-bond donors (Lipinski definition) is 1. The van der Waals surface area contributed by atoms with E-state index in [-0.39, 0.29) is 5.75 Å². The lowest BCUT2D eigenvalue weighted by Gasteiger charge is -1.88. The van der Waals surface area contributed by atoms with E-state index in [0.717, 1.165) is 10.2 Å². The molecule has 0 aliphatic carbocycles. The molecule has 2 rings (SSSR count). The molecule has 0 amide bonds. The highest BCUT2D eigenvalue weighted by atomic mass is 32.1. The van der Waals surface area contributed by atoms with Crippen LogP contribution in [0.15, 0.2) is 18.2 Å². The van der Waals surface area contributed by atoms with Crippen molar-refractivity contribution in [2.24, 2.45) is 0 Å². The number of phenolic OH excluding ortho intramolecular Hbond substituents is 1. The molecule has 1 aromatic carbocycles. The van der Waals surface area contributed by atoms with Crippen molar-refractivity contribution in [2.75, 3.05) is 7.11 Å². The molecule has 2 aromatic rings. The number of ether oxygens (including phenoxy) is 1. The topological polar surface area (TPSA) is 42.4 Å². The molecule has 1 N–H and O–H groups in total. The molecule has 12 heavy (non-hydrogen) atoms. The van der Waals surface area contributed by atoms with Gasteiger partial charge in [-0.25, -0.2) is 4.98 Å². The molecule has 0 saturated heterocycles. The van der Waals surface area contributed by atoms with Crippen LogP contribution in [-0.2, 0) is 0 Å². The first-order valence-electron chi connectivity index (χ1n) is 3.44. The Labute approximate surface area is 73.2 Å². The van der Waals surface area contributed by atoms with E-state index < -0.39 is 0 Å². The summed E-state index contributed by atoms with van der Waals surface area (Å²) < 4.78 is 5.72. The molecule has 0 fully saturated rings. The molecular weight excluding hydrogens is 174 g/mol. The summed E-state index contributed by atoms with van der Waals surface area (Å²) >= 11 is 1.34. The molecule has 1 aromatic heterocycles. The van der Waals surface area contributed by atoms with Crippen molar-refractivity contribution < 1.29 is 9.84 Å². The summed E-state index contributed by atoms with van der Waals surface area (Å²) in [6, 6.07) is 5.24. The third kappa shape index (κ3) is 1.00. The minimum absolute atomic E-state index is 0.258. The van der Waals surface area contributed by atoms with E-state index in [2.05, 4.69) is 4.98 Å². The summed E-state index contributed by atoms with van der Waals surface area (Å²) in [5, 5.41) is 9.97. The molecule has 0 saturated carbocycles. The largest absolute Gasteiger partial charge is 0.506 e. The minimum atomic E-state index is 0.258. The Bertz CT molecular complexity index is 410. The number of fused-ring (bicyclic) bond motifs is 1. The summed E-state index contributed by atoms with van der Waals surface area (Å²) in [4.78, 5) is 4.13.